The van der Waals surface area contributed by atoms with Crippen molar-refractivity contribution >= 4 is 28.4 Å². The molecule has 0 saturated heterocycles. The van der Waals surface area contributed by atoms with Crippen molar-refractivity contribution in [1.82, 2.24) is 0 Å². The van der Waals surface area contributed by atoms with Crippen LogP contribution in [-0.2, 0) is 15.3 Å². The molecule has 0 aliphatic heterocycles. The smallest absolute Gasteiger partial charge is 0.260 e. The van der Waals surface area contributed by atoms with Gasteiger partial charge in [-0.25, -0.2) is 0 Å². The summed E-state index contributed by atoms with van der Waals surface area (Å²) in [7, 11) is 2.80. The lowest BCUT2D eigenvalue weighted by molar-refractivity contribution is -0.176. The molecule has 3 N–H and O–H groups in total. The van der Waals surface area contributed by atoms with Crippen molar-refractivity contribution in [2.24, 2.45) is 11.8 Å². The summed E-state index contributed by atoms with van der Waals surface area (Å²) in [6.45, 7) is 0.278. The van der Waals surface area contributed by atoms with Gasteiger partial charge >= 0.3 is 0 Å². The molecule has 0 amide bonds. The molecule has 1 unspecified atom stereocenters. The zero-order chi connectivity index (χ0) is 25.0. The van der Waals surface area contributed by atoms with Crippen LogP contribution in [0.5, 0.6) is 11.5 Å². The van der Waals surface area contributed by atoms with Gasteiger partial charge in [-0.3, -0.25) is 4.79 Å². The maximum Gasteiger partial charge on any atom is 0.260 e. The number of carbonyl (C=O) groups excluding carboxylic acids is 1. The molecule has 34 heavy (non-hydrogen) atoms. The summed E-state index contributed by atoms with van der Waals surface area (Å²) < 4.78 is 23.4. The second-order valence-electron chi connectivity index (χ2n) is 7.78. The van der Waals surface area contributed by atoms with Gasteiger partial charge in [-0.2, -0.15) is 0 Å². The summed E-state index contributed by atoms with van der Waals surface area (Å²) in [4.78, 5) is 13.4. The van der Waals surface area contributed by atoms with Crippen molar-refractivity contribution in [2.45, 2.75) is 12.2 Å². The fraction of sp³-hybridized carbons (Fsp3) is 0.480. The minimum Gasteiger partial charge on any atom is -0.493 e. The Morgan fingerprint density at radius 3 is 1.74 bits per heavy atom. The molecule has 0 bridgehead atoms. The first-order valence-electron chi connectivity index (χ1n) is 11.0. The SMILES string of the molecule is COC(OC)(C(=O)c1ccc(OCC(CO)CCI)cc1)c1ccc(OCC(CO)CO)cc1. The van der Waals surface area contributed by atoms with Gasteiger partial charge in [0.05, 0.1) is 26.4 Å². The number of aliphatic hydroxyl groups is 3. The van der Waals surface area contributed by atoms with Gasteiger partial charge in [-0.1, -0.05) is 22.6 Å². The number of carbonyl (C=O) groups is 1. The molecule has 0 aliphatic carbocycles. The summed E-state index contributed by atoms with van der Waals surface area (Å²) in [5.41, 5.74) is 0.872. The first kappa shape index (κ1) is 28.5. The number of benzene rings is 2. The van der Waals surface area contributed by atoms with Crippen LogP contribution in [0.15, 0.2) is 48.5 Å². The summed E-state index contributed by atoms with van der Waals surface area (Å²) in [5.74, 6) is -1.20. The molecule has 0 heterocycles. The average molecular weight is 588 g/mol. The first-order valence-corrected chi connectivity index (χ1v) is 12.5. The fourth-order valence-electron chi connectivity index (χ4n) is 3.27. The van der Waals surface area contributed by atoms with Crippen LogP contribution in [0.25, 0.3) is 0 Å². The highest BCUT2D eigenvalue weighted by atomic mass is 127. The molecule has 9 heteroatoms. The molecule has 188 valence electrons. The summed E-state index contributed by atoms with van der Waals surface area (Å²) >= 11 is 2.27. The summed E-state index contributed by atoms with van der Waals surface area (Å²) in [6.07, 6.45) is 0.866. The number of hydrogen-bond acceptors (Lipinski definition) is 8. The van der Waals surface area contributed by atoms with E-state index in [1.807, 2.05) is 0 Å². The quantitative estimate of drug-likeness (QED) is 0.119. The van der Waals surface area contributed by atoms with Crippen molar-refractivity contribution in [2.75, 3.05) is 51.7 Å². The number of ether oxygens (including phenoxy) is 4. The Kier molecular flexibility index (Phi) is 12.2. The molecule has 0 spiro atoms. The van der Waals surface area contributed by atoms with Crippen molar-refractivity contribution in [3.63, 3.8) is 0 Å². The Morgan fingerprint density at radius 2 is 1.29 bits per heavy atom. The van der Waals surface area contributed by atoms with E-state index in [0.717, 1.165) is 10.8 Å². The minimum atomic E-state index is -1.65. The van der Waals surface area contributed by atoms with Crippen LogP contribution >= 0.6 is 22.6 Å². The predicted octanol–water partition coefficient (Wildman–Crippen LogP) is 2.81. The highest BCUT2D eigenvalue weighted by Crippen LogP contribution is 2.32. The highest BCUT2D eigenvalue weighted by molar-refractivity contribution is 14.1. The predicted molar refractivity (Wildman–Crippen MR) is 136 cm³/mol. The van der Waals surface area contributed by atoms with Gasteiger partial charge in [0, 0.05) is 48.2 Å². The molecule has 0 saturated carbocycles. The molecule has 8 nitrogen and oxygen atoms in total. The molecule has 2 aromatic rings. The third kappa shape index (κ3) is 7.37. The van der Waals surface area contributed by atoms with Gasteiger partial charge in [-0.15, -0.1) is 0 Å². The number of Topliss-reactive ketones (excluding diaryl/α,β-unsaturated/α-hetero) is 1. The highest BCUT2D eigenvalue weighted by Gasteiger charge is 2.41. The van der Waals surface area contributed by atoms with E-state index in [0.29, 0.717) is 29.2 Å². The molecule has 0 fully saturated rings. The van der Waals surface area contributed by atoms with E-state index >= 15 is 0 Å². The van der Waals surface area contributed by atoms with Crippen molar-refractivity contribution in [3.8, 4) is 11.5 Å². The van der Waals surface area contributed by atoms with E-state index < -0.39 is 5.79 Å². The average Bonchev–Trinajstić information content (AvgIpc) is 2.89. The molecule has 0 aliphatic rings. The first-order chi connectivity index (χ1) is 16.5. The van der Waals surface area contributed by atoms with Gasteiger partial charge in [0.1, 0.15) is 11.5 Å². The lowest BCUT2D eigenvalue weighted by Gasteiger charge is -2.30. The molecular weight excluding hydrogens is 555 g/mol. The molecule has 1 atom stereocenters. The van der Waals surface area contributed by atoms with E-state index in [1.165, 1.54) is 14.2 Å². The van der Waals surface area contributed by atoms with Crippen LogP contribution in [0.1, 0.15) is 22.3 Å². The maximum absolute atomic E-state index is 13.4. The number of rotatable bonds is 16. The summed E-state index contributed by atoms with van der Waals surface area (Å²) in [5, 5.41) is 27.7. The lowest BCUT2D eigenvalue weighted by Crippen LogP contribution is -2.40. The minimum absolute atomic E-state index is 0.0665. The third-order valence-corrected chi connectivity index (χ3v) is 6.11. The number of hydrogen-bond donors (Lipinski definition) is 3. The molecule has 2 rings (SSSR count). The van der Waals surface area contributed by atoms with Crippen LogP contribution in [0.3, 0.4) is 0 Å². The van der Waals surface area contributed by atoms with Gasteiger partial charge in [0.15, 0.2) is 0 Å². The Labute approximate surface area is 213 Å². The van der Waals surface area contributed by atoms with Crippen LogP contribution < -0.4 is 9.47 Å². The number of alkyl halides is 1. The Bertz CT molecular complexity index is 848. The Balaban J connectivity index is 2.14. The van der Waals surface area contributed by atoms with Crippen LogP contribution in [0.4, 0.5) is 0 Å². The van der Waals surface area contributed by atoms with E-state index in [1.54, 1.807) is 48.5 Å². The number of halogens is 1. The largest absolute Gasteiger partial charge is 0.493 e. The maximum atomic E-state index is 13.4. The third-order valence-electron chi connectivity index (χ3n) is 5.49. The fourth-order valence-corrected chi connectivity index (χ4v) is 4.15. The van der Waals surface area contributed by atoms with Crippen molar-refractivity contribution < 1.29 is 39.1 Å². The van der Waals surface area contributed by atoms with Crippen LogP contribution in [-0.4, -0.2) is 72.8 Å². The molecular formula is C25H33IO8. The van der Waals surface area contributed by atoms with Gasteiger partial charge in [-0.05, 0) is 55.0 Å². The monoisotopic (exact) mass is 588 g/mol. The van der Waals surface area contributed by atoms with E-state index in [9.17, 15) is 9.90 Å². The second kappa shape index (κ2) is 14.6. The van der Waals surface area contributed by atoms with Crippen LogP contribution in [0.2, 0.25) is 0 Å². The molecule has 2 aromatic carbocycles. The number of aliphatic hydroxyl groups excluding tert-OH is 3. The standard InChI is InChI=1S/C25H33IO8/c1-31-25(32-2,21-5-9-23(10-6-21)34-17-19(14-28)15-29)24(30)20-3-7-22(8-4-20)33-16-18(13-27)11-12-26/h3-10,18-19,27-29H,11-17H2,1-2H3. The number of methoxy groups -OCH3 is 2. The van der Waals surface area contributed by atoms with Crippen LogP contribution in [0, 0.1) is 11.8 Å². The Morgan fingerprint density at radius 1 is 0.824 bits per heavy atom. The lowest BCUT2D eigenvalue weighted by atomic mass is 9.95. The van der Waals surface area contributed by atoms with Gasteiger partial charge in [0.25, 0.3) is 5.79 Å². The Hall–Kier alpha value is -1.76. The zero-order valence-electron chi connectivity index (χ0n) is 19.5. The van der Waals surface area contributed by atoms with Gasteiger partial charge in [0.2, 0.25) is 5.78 Å². The zero-order valence-corrected chi connectivity index (χ0v) is 21.6. The molecule has 0 radical (unpaired) electrons. The van der Waals surface area contributed by atoms with Gasteiger partial charge < -0.3 is 34.3 Å². The van der Waals surface area contributed by atoms with Crippen molar-refractivity contribution in [3.05, 3.63) is 59.7 Å². The van der Waals surface area contributed by atoms with E-state index in [4.69, 9.17) is 29.2 Å². The van der Waals surface area contributed by atoms with E-state index in [-0.39, 0.29) is 44.0 Å². The normalized spacial score (nSPS) is 12.6. The number of ketones is 1. The summed E-state index contributed by atoms with van der Waals surface area (Å²) in [6, 6.07) is 13.4. The second-order valence-corrected chi connectivity index (χ2v) is 8.86. The van der Waals surface area contributed by atoms with E-state index in [2.05, 4.69) is 22.6 Å². The molecule has 0 aromatic heterocycles. The van der Waals surface area contributed by atoms with Crippen molar-refractivity contribution in [1.29, 1.82) is 0 Å². The topological polar surface area (TPSA) is 115 Å².